The molecule has 1 saturated heterocycles. The van der Waals surface area contributed by atoms with Gasteiger partial charge in [0.25, 0.3) is 0 Å². The Morgan fingerprint density at radius 3 is 2.68 bits per heavy atom. The Morgan fingerprint density at radius 2 is 2.04 bits per heavy atom. The van der Waals surface area contributed by atoms with Crippen LogP contribution in [0.5, 0.6) is 0 Å². The van der Waals surface area contributed by atoms with Gasteiger partial charge in [0.15, 0.2) is 9.84 Å². The van der Waals surface area contributed by atoms with E-state index in [0.717, 1.165) is 25.9 Å². The van der Waals surface area contributed by atoms with Crippen LogP contribution in [-0.2, 0) is 16.4 Å². The fourth-order valence-corrected chi connectivity index (χ4v) is 4.37. The fraction of sp³-hybridized carbons (Fsp3) is 0.500. The summed E-state index contributed by atoms with van der Waals surface area (Å²) >= 11 is 0. The second-order valence-corrected chi connectivity index (χ2v) is 9.43. The molecule has 6 nitrogen and oxygen atoms in total. The molecule has 1 aromatic carbocycles. The summed E-state index contributed by atoms with van der Waals surface area (Å²) in [5, 5.41) is 3.35. The van der Waals surface area contributed by atoms with Gasteiger partial charge in [-0.3, -0.25) is 0 Å². The number of hydrogen-bond donors (Lipinski definition) is 1. The molecular formula is C20H29ClN4O2S. The van der Waals surface area contributed by atoms with Gasteiger partial charge in [-0.05, 0) is 49.9 Å². The molecule has 0 amide bonds. The molecule has 0 spiro atoms. The maximum atomic E-state index is 12.2. The van der Waals surface area contributed by atoms with E-state index in [0.29, 0.717) is 18.2 Å². The Morgan fingerprint density at radius 1 is 1.29 bits per heavy atom. The molecule has 0 bridgehead atoms. The van der Waals surface area contributed by atoms with Crippen molar-refractivity contribution in [2.24, 2.45) is 0 Å². The largest absolute Gasteiger partial charge is 0.340 e. The second kappa shape index (κ2) is 9.20. The number of aromatic nitrogens is 2. The average Bonchev–Trinajstić information content (AvgIpc) is 2.65. The van der Waals surface area contributed by atoms with Gasteiger partial charge in [-0.2, -0.15) is 0 Å². The van der Waals surface area contributed by atoms with E-state index in [4.69, 9.17) is 4.98 Å². The van der Waals surface area contributed by atoms with Crippen LogP contribution in [0.4, 0.5) is 5.95 Å². The van der Waals surface area contributed by atoms with Crippen molar-refractivity contribution in [2.45, 2.75) is 44.0 Å². The van der Waals surface area contributed by atoms with Crippen LogP contribution in [0.15, 0.2) is 29.3 Å². The van der Waals surface area contributed by atoms with E-state index in [2.05, 4.69) is 42.3 Å². The predicted molar refractivity (Wildman–Crippen MR) is 115 cm³/mol. The summed E-state index contributed by atoms with van der Waals surface area (Å²) < 4.78 is 24.5. The molecule has 0 saturated carbocycles. The SMILES string of the molecule is Cc1cccc(CN(C)c2ncc(S(C)(=O)=O)c(C3CCCNC3)n2)c1C.Cl. The van der Waals surface area contributed by atoms with E-state index < -0.39 is 9.84 Å². The number of hydrogen-bond acceptors (Lipinski definition) is 6. The van der Waals surface area contributed by atoms with Crippen molar-refractivity contribution in [1.82, 2.24) is 15.3 Å². The summed E-state index contributed by atoms with van der Waals surface area (Å²) in [6.45, 7) is 6.61. The highest BCUT2D eigenvalue weighted by Crippen LogP contribution is 2.29. The molecule has 154 valence electrons. The zero-order valence-electron chi connectivity index (χ0n) is 16.9. The van der Waals surface area contributed by atoms with Crippen molar-refractivity contribution in [3.05, 3.63) is 46.8 Å². The Bertz CT molecular complexity index is 928. The third-order valence-corrected chi connectivity index (χ3v) is 6.43. The third-order valence-electron chi connectivity index (χ3n) is 5.32. The highest BCUT2D eigenvalue weighted by molar-refractivity contribution is 7.90. The van der Waals surface area contributed by atoms with Crippen molar-refractivity contribution >= 4 is 28.2 Å². The molecule has 2 heterocycles. The molecule has 1 unspecified atom stereocenters. The van der Waals surface area contributed by atoms with E-state index in [1.54, 1.807) is 0 Å². The number of sulfone groups is 1. The van der Waals surface area contributed by atoms with Gasteiger partial charge >= 0.3 is 0 Å². The third kappa shape index (κ3) is 5.01. The summed E-state index contributed by atoms with van der Waals surface area (Å²) in [6, 6.07) is 6.26. The molecule has 28 heavy (non-hydrogen) atoms. The van der Waals surface area contributed by atoms with Crippen LogP contribution in [-0.4, -0.2) is 44.8 Å². The standard InChI is InChI=1S/C20H28N4O2S.ClH/c1-14-7-5-8-17(15(14)2)13-24(3)20-22-12-18(27(4,25)26)19(23-20)16-9-6-10-21-11-16;/h5,7-8,12,16,21H,6,9-11,13H2,1-4H3;1H. The maximum absolute atomic E-state index is 12.2. The van der Waals surface area contributed by atoms with Gasteiger partial charge in [-0.1, -0.05) is 18.2 Å². The number of anilines is 1. The van der Waals surface area contributed by atoms with Crippen LogP contribution < -0.4 is 10.2 Å². The van der Waals surface area contributed by atoms with Gasteiger partial charge < -0.3 is 10.2 Å². The van der Waals surface area contributed by atoms with E-state index in [1.807, 2.05) is 11.9 Å². The van der Waals surface area contributed by atoms with Gasteiger partial charge in [-0.15, -0.1) is 12.4 Å². The maximum Gasteiger partial charge on any atom is 0.225 e. The van der Waals surface area contributed by atoms with Crippen LogP contribution in [0.1, 0.15) is 41.1 Å². The Labute approximate surface area is 174 Å². The number of halogens is 1. The lowest BCUT2D eigenvalue weighted by Gasteiger charge is -2.25. The highest BCUT2D eigenvalue weighted by atomic mass is 35.5. The van der Waals surface area contributed by atoms with E-state index in [1.165, 1.54) is 29.1 Å². The van der Waals surface area contributed by atoms with E-state index >= 15 is 0 Å². The van der Waals surface area contributed by atoms with Crippen LogP contribution in [0.2, 0.25) is 0 Å². The smallest absolute Gasteiger partial charge is 0.225 e. The molecule has 1 atom stereocenters. The van der Waals surface area contributed by atoms with Crippen molar-refractivity contribution in [1.29, 1.82) is 0 Å². The summed E-state index contributed by atoms with van der Waals surface area (Å²) in [4.78, 5) is 11.3. The van der Waals surface area contributed by atoms with Crippen LogP contribution in [0.25, 0.3) is 0 Å². The molecule has 0 radical (unpaired) electrons. The summed E-state index contributed by atoms with van der Waals surface area (Å²) in [5.41, 5.74) is 4.37. The number of nitrogens with one attached hydrogen (secondary N) is 1. The number of rotatable bonds is 5. The molecule has 1 aromatic heterocycles. The first-order chi connectivity index (χ1) is 12.8. The molecule has 3 rings (SSSR count). The summed E-state index contributed by atoms with van der Waals surface area (Å²) in [7, 11) is -1.42. The summed E-state index contributed by atoms with van der Waals surface area (Å²) in [6.07, 6.45) is 4.66. The molecule has 8 heteroatoms. The molecule has 1 fully saturated rings. The number of benzene rings is 1. The van der Waals surface area contributed by atoms with Crippen LogP contribution in [0, 0.1) is 13.8 Å². The highest BCUT2D eigenvalue weighted by Gasteiger charge is 2.26. The number of aryl methyl sites for hydroxylation is 1. The minimum absolute atomic E-state index is 0. The predicted octanol–water partition coefficient (Wildman–Crippen LogP) is 3.02. The van der Waals surface area contributed by atoms with E-state index in [-0.39, 0.29) is 23.2 Å². The quantitative estimate of drug-likeness (QED) is 0.795. The normalized spacial score (nSPS) is 17.1. The second-order valence-electron chi connectivity index (χ2n) is 7.45. The van der Waals surface area contributed by atoms with Crippen LogP contribution >= 0.6 is 12.4 Å². The molecular weight excluding hydrogens is 396 g/mol. The topological polar surface area (TPSA) is 75.2 Å². The molecule has 2 aromatic rings. The Kier molecular flexibility index (Phi) is 7.42. The lowest BCUT2D eigenvalue weighted by atomic mass is 9.96. The molecule has 1 aliphatic heterocycles. The first kappa shape index (κ1) is 22.6. The fourth-order valence-electron chi connectivity index (χ4n) is 3.53. The lowest BCUT2D eigenvalue weighted by Crippen LogP contribution is -2.30. The van der Waals surface area contributed by atoms with Gasteiger partial charge in [0, 0.05) is 32.3 Å². The minimum Gasteiger partial charge on any atom is -0.340 e. The minimum atomic E-state index is -3.37. The Balaban J connectivity index is 0.00000280. The van der Waals surface area contributed by atoms with Crippen molar-refractivity contribution in [3.63, 3.8) is 0 Å². The van der Waals surface area contributed by atoms with Gasteiger partial charge in [-0.25, -0.2) is 18.4 Å². The first-order valence-electron chi connectivity index (χ1n) is 9.31. The van der Waals surface area contributed by atoms with Gasteiger partial charge in [0.05, 0.1) is 11.9 Å². The van der Waals surface area contributed by atoms with Gasteiger partial charge in [0.1, 0.15) is 4.90 Å². The van der Waals surface area contributed by atoms with E-state index in [9.17, 15) is 8.42 Å². The van der Waals surface area contributed by atoms with Crippen molar-refractivity contribution in [2.75, 3.05) is 31.3 Å². The van der Waals surface area contributed by atoms with Crippen molar-refractivity contribution < 1.29 is 8.42 Å². The summed E-state index contributed by atoms with van der Waals surface area (Å²) in [5.74, 6) is 0.656. The van der Waals surface area contributed by atoms with Gasteiger partial charge in [0.2, 0.25) is 5.95 Å². The molecule has 1 aliphatic rings. The first-order valence-corrected chi connectivity index (χ1v) is 11.2. The van der Waals surface area contributed by atoms with Crippen molar-refractivity contribution in [3.8, 4) is 0 Å². The number of nitrogens with zero attached hydrogens (tertiary/aromatic N) is 3. The molecule has 1 N–H and O–H groups in total. The zero-order valence-corrected chi connectivity index (χ0v) is 18.5. The zero-order chi connectivity index (χ0) is 19.6. The average molecular weight is 425 g/mol. The molecule has 0 aliphatic carbocycles. The van der Waals surface area contributed by atoms with Crippen LogP contribution in [0.3, 0.4) is 0 Å². The Hall–Kier alpha value is -1.70. The monoisotopic (exact) mass is 424 g/mol. The lowest BCUT2D eigenvalue weighted by molar-refractivity contribution is 0.447. The number of piperidine rings is 1.